The Kier molecular flexibility index (Phi) is 9.19. The molecule has 214 valence electrons. The van der Waals surface area contributed by atoms with Gasteiger partial charge in [-0.1, -0.05) is 53.6 Å². The Bertz CT molecular complexity index is 1470. The van der Waals surface area contributed by atoms with E-state index >= 15 is 0 Å². The van der Waals surface area contributed by atoms with Gasteiger partial charge in [0.05, 0.1) is 16.9 Å². The second-order valence-electron chi connectivity index (χ2n) is 10.4. The van der Waals surface area contributed by atoms with Crippen molar-refractivity contribution in [3.05, 3.63) is 87.8 Å². The van der Waals surface area contributed by atoms with Crippen LogP contribution in [0.25, 0.3) is 21.6 Å². The standard InChI is InChI=1S/C32H32Cl2N2O4S/c33-23-9-12-25(27(34)19-23)26-20-28(41-29(26)21-7-10-24(11-8-21)40-18-4-17-37)30(38)36-15-13-32(14-16-36,31(35)39)22-5-2-1-3-6-22/h1-3,5,7-12,19-20,22,37H,4,6,13-18H2,(H2,35,39). The van der Waals surface area contributed by atoms with Crippen LogP contribution in [-0.2, 0) is 4.79 Å². The first-order valence-corrected chi connectivity index (χ1v) is 15.3. The molecular formula is C32H32Cl2N2O4S. The number of ether oxygens (including phenoxy) is 1. The number of nitrogens with two attached hydrogens (primary N) is 1. The average Bonchev–Trinajstić information content (AvgIpc) is 3.43. The van der Waals surface area contributed by atoms with Crippen LogP contribution in [0.3, 0.4) is 0 Å². The number of carbonyl (C=O) groups excluding carboxylic acids is 2. The normalized spacial score (nSPS) is 17.9. The summed E-state index contributed by atoms with van der Waals surface area (Å²) in [5.74, 6) is 0.380. The van der Waals surface area contributed by atoms with Crippen molar-refractivity contribution in [3.8, 4) is 27.3 Å². The zero-order chi connectivity index (χ0) is 29.0. The lowest BCUT2D eigenvalue weighted by atomic mass is 9.66. The van der Waals surface area contributed by atoms with Crippen LogP contribution in [0.5, 0.6) is 5.75 Å². The molecule has 0 bridgehead atoms. The van der Waals surface area contributed by atoms with Crippen LogP contribution < -0.4 is 10.5 Å². The topological polar surface area (TPSA) is 92.9 Å². The zero-order valence-corrected chi connectivity index (χ0v) is 24.9. The Hall–Kier alpha value is -3.10. The molecule has 1 unspecified atom stereocenters. The largest absolute Gasteiger partial charge is 0.494 e. The quantitative estimate of drug-likeness (QED) is 0.255. The van der Waals surface area contributed by atoms with Gasteiger partial charge in [0.25, 0.3) is 5.91 Å². The molecule has 1 aliphatic carbocycles. The number of primary amides is 1. The SMILES string of the molecule is NC(=O)C1(C2C=CC=CC2)CCN(C(=O)c2cc(-c3ccc(Cl)cc3Cl)c(-c3ccc(OCCCO)cc3)s2)CC1. The highest BCUT2D eigenvalue weighted by molar-refractivity contribution is 7.18. The molecule has 3 aromatic rings. The van der Waals surface area contributed by atoms with E-state index in [0.29, 0.717) is 59.6 Å². The van der Waals surface area contributed by atoms with Gasteiger partial charge in [-0.2, -0.15) is 0 Å². The fourth-order valence-electron chi connectivity index (χ4n) is 5.63. The number of halogens is 2. The molecule has 0 spiro atoms. The first kappa shape index (κ1) is 29.4. The fraction of sp³-hybridized carbons (Fsp3) is 0.312. The molecule has 1 saturated heterocycles. The number of allylic oxidation sites excluding steroid dienone is 4. The van der Waals surface area contributed by atoms with Gasteiger partial charge in [0.15, 0.2) is 0 Å². The number of benzene rings is 2. The van der Waals surface area contributed by atoms with Crippen molar-refractivity contribution in [2.24, 2.45) is 17.1 Å². The lowest BCUT2D eigenvalue weighted by molar-refractivity contribution is -0.132. The van der Waals surface area contributed by atoms with E-state index in [4.69, 9.17) is 38.8 Å². The van der Waals surface area contributed by atoms with E-state index in [2.05, 4.69) is 12.2 Å². The van der Waals surface area contributed by atoms with Gasteiger partial charge in [-0.05, 0) is 73.2 Å². The van der Waals surface area contributed by atoms with Crippen LogP contribution in [0, 0.1) is 11.3 Å². The fourth-order valence-corrected chi connectivity index (χ4v) is 7.29. The zero-order valence-electron chi connectivity index (χ0n) is 22.5. The maximum absolute atomic E-state index is 13.8. The van der Waals surface area contributed by atoms with Gasteiger partial charge in [-0.15, -0.1) is 11.3 Å². The maximum atomic E-state index is 13.8. The molecule has 1 aliphatic heterocycles. The summed E-state index contributed by atoms with van der Waals surface area (Å²) in [6.45, 7) is 1.42. The predicted octanol–water partition coefficient (Wildman–Crippen LogP) is 6.99. The minimum atomic E-state index is -0.651. The smallest absolute Gasteiger partial charge is 0.263 e. The predicted molar refractivity (Wildman–Crippen MR) is 166 cm³/mol. The van der Waals surface area contributed by atoms with Gasteiger partial charge in [-0.25, -0.2) is 0 Å². The van der Waals surface area contributed by atoms with E-state index in [-0.39, 0.29) is 24.3 Å². The number of rotatable bonds is 9. The van der Waals surface area contributed by atoms with Crippen LogP contribution in [0.1, 0.15) is 35.4 Å². The molecule has 1 atom stereocenters. The van der Waals surface area contributed by atoms with E-state index in [1.54, 1.807) is 12.1 Å². The third-order valence-corrected chi connectivity index (χ3v) is 9.70. The molecule has 6 nitrogen and oxygen atoms in total. The van der Waals surface area contributed by atoms with Gasteiger partial charge in [0, 0.05) is 52.2 Å². The Morgan fingerprint density at radius 3 is 2.44 bits per heavy atom. The summed E-state index contributed by atoms with van der Waals surface area (Å²) in [5, 5.41) is 10.0. The number of thiophene rings is 1. The molecule has 1 aromatic heterocycles. The minimum absolute atomic E-state index is 0.0461. The summed E-state index contributed by atoms with van der Waals surface area (Å²) in [4.78, 5) is 29.8. The highest BCUT2D eigenvalue weighted by Gasteiger charge is 2.46. The molecule has 3 N–H and O–H groups in total. The molecule has 2 aromatic carbocycles. The number of aliphatic hydroxyl groups excluding tert-OH is 1. The first-order chi connectivity index (χ1) is 19.8. The molecule has 5 rings (SSSR count). The summed E-state index contributed by atoms with van der Waals surface area (Å²) in [5.41, 5.74) is 7.85. The second kappa shape index (κ2) is 12.8. The first-order valence-electron chi connectivity index (χ1n) is 13.7. The number of piperidine rings is 1. The minimum Gasteiger partial charge on any atom is -0.494 e. The summed E-state index contributed by atoms with van der Waals surface area (Å²) >= 11 is 14.2. The van der Waals surface area contributed by atoms with E-state index in [1.165, 1.54) is 11.3 Å². The third kappa shape index (κ3) is 6.24. The number of aliphatic hydroxyl groups is 1. The van der Waals surface area contributed by atoms with Gasteiger partial charge in [0.1, 0.15) is 5.75 Å². The van der Waals surface area contributed by atoms with E-state index in [0.717, 1.165) is 28.0 Å². The van der Waals surface area contributed by atoms with Gasteiger partial charge in [-0.3, -0.25) is 9.59 Å². The van der Waals surface area contributed by atoms with Crippen molar-refractivity contribution >= 4 is 46.4 Å². The summed E-state index contributed by atoms with van der Waals surface area (Å²) in [6.07, 6.45) is 10.5. The van der Waals surface area contributed by atoms with Crippen molar-refractivity contribution in [2.45, 2.75) is 25.7 Å². The van der Waals surface area contributed by atoms with Crippen molar-refractivity contribution in [3.63, 3.8) is 0 Å². The van der Waals surface area contributed by atoms with E-state index in [1.807, 2.05) is 53.5 Å². The van der Waals surface area contributed by atoms with E-state index < -0.39 is 5.41 Å². The number of nitrogens with zero attached hydrogens (tertiary/aromatic N) is 1. The van der Waals surface area contributed by atoms with Gasteiger partial charge in [0.2, 0.25) is 5.91 Å². The van der Waals surface area contributed by atoms with Crippen molar-refractivity contribution in [1.82, 2.24) is 4.90 Å². The Morgan fingerprint density at radius 2 is 1.80 bits per heavy atom. The molecule has 2 heterocycles. The summed E-state index contributed by atoms with van der Waals surface area (Å²) in [7, 11) is 0. The molecule has 0 radical (unpaired) electrons. The highest BCUT2D eigenvalue weighted by atomic mass is 35.5. The number of carbonyl (C=O) groups is 2. The molecule has 9 heteroatoms. The van der Waals surface area contributed by atoms with Crippen LogP contribution in [0.15, 0.2) is 72.8 Å². The van der Waals surface area contributed by atoms with E-state index in [9.17, 15) is 9.59 Å². The molecule has 0 saturated carbocycles. The monoisotopic (exact) mass is 610 g/mol. The van der Waals surface area contributed by atoms with Crippen molar-refractivity contribution in [2.75, 3.05) is 26.3 Å². The average molecular weight is 612 g/mol. The summed E-state index contributed by atoms with van der Waals surface area (Å²) in [6, 6.07) is 14.9. The number of likely N-dealkylation sites (tertiary alicyclic amines) is 1. The Labute approximate surface area is 254 Å². The number of amides is 2. The molecule has 2 aliphatic rings. The highest BCUT2D eigenvalue weighted by Crippen LogP contribution is 2.45. The third-order valence-electron chi connectivity index (χ3n) is 7.98. The van der Waals surface area contributed by atoms with Gasteiger partial charge >= 0.3 is 0 Å². The van der Waals surface area contributed by atoms with Crippen LogP contribution in [-0.4, -0.2) is 48.1 Å². The number of hydrogen-bond acceptors (Lipinski definition) is 5. The maximum Gasteiger partial charge on any atom is 0.263 e. The molecule has 1 fully saturated rings. The second-order valence-corrected chi connectivity index (χ2v) is 12.3. The number of hydrogen-bond donors (Lipinski definition) is 2. The lowest BCUT2D eigenvalue weighted by Crippen LogP contribution is -2.52. The Balaban J connectivity index is 1.42. The lowest BCUT2D eigenvalue weighted by Gasteiger charge is -2.43. The molecular weight excluding hydrogens is 579 g/mol. The van der Waals surface area contributed by atoms with Crippen LogP contribution >= 0.6 is 34.5 Å². The van der Waals surface area contributed by atoms with Gasteiger partial charge < -0.3 is 20.5 Å². The molecule has 41 heavy (non-hydrogen) atoms. The van der Waals surface area contributed by atoms with Crippen molar-refractivity contribution < 1.29 is 19.4 Å². The van der Waals surface area contributed by atoms with Crippen molar-refractivity contribution in [1.29, 1.82) is 0 Å². The Morgan fingerprint density at radius 1 is 1.05 bits per heavy atom. The molecule has 2 amide bonds. The van der Waals surface area contributed by atoms with Crippen LogP contribution in [0.2, 0.25) is 10.0 Å². The summed E-state index contributed by atoms with van der Waals surface area (Å²) < 4.78 is 5.69. The van der Waals surface area contributed by atoms with Crippen LogP contribution in [0.4, 0.5) is 0 Å².